The minimum atomic E-state index is -1.01. The van der Waals surface area contributed by atoms with Crippen molar-refractivity contribution in [3.05, 3.63) is 63.9 Å². The van der Waals surface area contributed by atoms with Crippen LogP contribution in [-0.4, -0.2) is 11.7 Å². The summed E-state index contributed by atoms with van der Waals surface area (Å²) in [7, 11) is 0. The van der Waals surface area contributed by atoms with Crippen molar-refractivity contribution in [1.82, 2.24) is 0 Å². The van der Waals surface area contributed by atoms with E-state index in [4.69, 9.17) is 16.3 Å². The van der Waals surface area contributed by atoms with Crippen molar-refractivity contribution in [1.29, 1.82) is 0 Å². The molecule has 0 heterocycles. The molecule has 0 fully saturated rings. The van der Waals surface area contributed by atoms with Crippen LogP contribution in [0.4, 0.5) is 4.39 Å². The summed E-state index contributed by atoms with van der Waals surface area (Å²) >= 11 is 5.77. The fourth-order valence-electron chi connectivity index (χ4n) is 2.14. The van der Waals surface area contributed by atoms with Crippen LogP contribution in [0, 0.1) is 19.7 Å². The summed E-state index contributed by atoms with van der Waals surface area (Å²) in [5, 5.41) is 10.7. The zero-order valence-corrected chi connectivity index (χ0v) is 12.1. The highest BCUT2D eigenvalue weighted by atomic mass is 35.5. The Morgan fingerprint density at radius 3 is 2.45 bits per heavy atom. The molecule has 1 atom stereocenters. The first kappa shape index (κ1) is 14.8. The van der Waals surface area contributed by atoms with Crippen LogP contribution >= 0.6 is 11.6 Å². The van der Waals surface area contributed by atoms with Gasteiger partial charge in [0.25, 0.3) is 0 Å². The van der Waals surface area contributed by atoms with Crippen LogP contribution < -0.4 is 4.74 Å². The number of benzene rings is 2. The van der Waals surface area contributed by atoms with E-state index >= 15 is 0 Å². The summed E-state index contributed by atoms with van der Waals surface area (Å²) in [6.07, 6.45) is -1.01. The molecule has 0 radical (unpaired) electrons. The molecular weight excluding hydrogens is 279 g/mol. The standard InChI is InChI=1S/C16H16ClFO2/c1-10-7-11(2)16(14(18)8-10)15(19)9-20-13-5-3-12(17)4-6-13/h3-8,15,19H,9H2,1-2H3. The molecule has 0 amide bonds. The molecule has 1 N–H and O–H groups in total. The molecule has 0 aliphatic carbocycles. The van der Waals surface area contributed by atoms with E-state index in [1.54, 1.807) is 31.2 Å². The van der Waals surface area contributed by atoms with E-state index in [1.165, 1.54) is 6.07 Å². The Morgan fingerprint density at radius 2 is 1.85 bits per heavy atom. The van der Waals surface area contributed by atoms with Gasteiger partial charge in [0.1, 0.15) is 24.3 Å². The fraction of sp³-hybridized carbons (Fsp3) is 0.250. The Bertz CT molecular complexity index is 573. The molecule has 0 spiro atoms. The van der Waals surface area contributed by atoms with Crippen molar-refractivity contribution >= 4 is 11.6 Å². The lowest BCUT2D eigenvalue weighted by atomic mass is 10.0. The second kappa shape index (κ2) is 6.25. The monoisotopic (exact) mass is 294 g/mol. The van der Waals surface area contributed by atoms with Crippen LogP contribution in [0.5, 0.6) is 5.75 Å². The number of ether oxygens (including phenoxy) is 1. The molecule has 0 saturated heterocycles. The van der Waals surface area contributed by atoms with Crippen LogP contribution in [0.15, 0.2) is 36.4 Å². The molecule has 4 heteroatoms. The summed E-state index contributed by atoms with van der Waals surface area (Å²) in [4.78, 5) is 0. The highest BCUT2D eigenvalue weighted by Crippen LogP contribution is 2.24. The van der Waals surface area contributed by atoms with Crippen molar-refractivity contribution in [2.75, 3.05) is 6.61 Å². The van der Waals surface area contributed by atoms with Gasteiger partial charge in [0.15, 0.2) is 0 Å². The van der Waals surface area contributed by atoms with E-state index in [2.05, 4.69) is 0 Å². The lowest BCUT2D eigenvalue weighted by molar-refractivity contribution is 0.104. The lowest BCUT2D eigenvalue weighted by Crippen LogP contribution is -2.13. The number of halogens is 2. The fourth-order valence-corrected chi connectivity index (χ4v) is 2.26. The van der Waals surface area contributed by atoms with E-state index in [9.17, 15) is 9.50 Å². The third-order valence-corrected chi connectivity index (χ3v) is 3.29. The molecule has 0 saturated carbocycles. The normalized spacial score (nSPS) is 12.2. The van der Waals surface area contributed by atoms with E-state index in [-0.39, 0.29) is 12.2 Å². The highest BCUT2D eigenvalue weighted by Gasteiger charge is 2.16. The molecule has 20 heavy (non-hydrogen) atoms. The maximum Gasteiger partial charge on any atom is 0.129 e. The van der Waals surface area contributed by atoms with Crippen molar-refractivity contribution in [2.24, 2.45) is 0 Å². The molecule has 0 aromatic heterocycles. The predicted octanol–water partition coefficient (Wildman–Crippen LogP) is 4.21. The number of aryl methyl sites for hydroxylation is 2. The van der Waals surface area contributed by atoms with Crippen LogP contribution in [0.1, 0.15) is 22.8 Å². The van der Waals surface area contributed by atoms with Gasteiger partial charge in [0, 0.05) is 10.6 Å². The Labute approximate surface area is 122 Å². The van der Waals surface area contributed by atoms with Crippen molar-refractivity contribution < 1.29 is 14.2 Å². The van der Waals surface area contributed by atoms with E-state index in [0.29, 0.717) is 10.8 Å². The summed E-state index contributed by atoms with van der Waals surface area (Å²) in [5.41, 5.74) is 1.83. The Balaban J connectivity index is 2.09. The van der Waals surface area contributed by atoms with Crippen LogP contribution in [0.3, 0.4) is 0 Å². The van der Waals surface area contributed by atoms with Gasteiger partial charge in [-0.25, -0.2) is 4.39 Å². The van der Waals surface area contributed by atoms with Gasteiger partial charge in [0.2, 0.25) is 0 Å². The molecule has 0 aliphatic rings. The average molecular weight is 295 g/mol. The third-order valence-electron chi connectivity index (χ3n) is 3.04. The summed E-state index contributed by atoms with van der Waals surface area (Å²) in [6, 6.07) is 10.0. The van der Waals surface area contributed by atoms with Crippen molar-refractivity contribution in [2.45, 2.75) is 20.0 Å². The molecule has 2 aromatic rings. The molecule has 0 aliphatic heterocycles. The van der Waals surface area contributed by atoms with Gasteiger partial charge >= 0.3 is 0 Å². The first-order valence-corrected chi connectivity index (χ1v) is 6.68. The summed E-state index contributed by atoms with van der Waals surface area (Å²) < 4.78 is 19.3. The zero-order valence-electron chi connectivity index (χ0n) is 11.4. The van der Waals surface area contributed by atoms with Crippen molar-refractivity contribution in [3.63, 3.8) is 0 Å². The predicted molar refractivity (Wildman–Crippen MR) is 77.8 cm³/mol. The van der Waals surface area contributed by atoms with E-state index in [1.807, 2.05) is 13.0 Å². The Kier molecular flexibility index (Phi) is 4.63. The minimum Gasteiger partial charge on any atom is -0.491 e. The quantitative estimate of drug-likeness (QED) is 0.915. The maximum absolute atomic E-state index is 13.9. The smallest absolute Gasteiger partial charge is 0.129 e. The third kappa shape index (κ3) is 3.50. The van der Waals surface area contributed by atoms with E-state index in [0.717, 1.165) is 11.1 Å². The van der Waals surface area contributed by atoms with Crippen LogP contribution in [-0.2, 0) is 0 Å². The van der Waals surface area contributed by atoms with Crippen LogP contribution in [0.2, 0.25) is 5.02 Å². The van der Waals surface area contributed by atoms with Gasteiger partial charge in [-0.05, 0) is 55.3 Å². The van der Waals surface area contributed by atoms with Gasteiger partial charge < -0.3 is 9.84 Å². The second-order valence-electron chi connectivity index (χ2n) is 4.76. The highest BCUT2D eigenvalue weighted by molar-refractivity contribution is 6.30. The number of rotatable bonds is 4. The average Bonchev–Trinajstić information content (AvgIpc) is 2.37. The molecule has 2 nitrogen and oxygen atoms in total. The zero-order chi connectivity index (χ0) is 14.7. The lowest BCUT2D eigenvalue weighted by Gasteiger charge is -2.16. The molecule has 1 unspecified atom stereocenters. The SMILES string of the molecule is Cc1cc(C)c(C(O)COc2ccc(Cl)cc2)c(F)c1. The number of hydrogen-bond acceptors (Lipinski definition) is 2. The molecule has 2 rings (SSSR count). The molecule has 0 bridgehead atoms. The summed E-state index contributed by atoms with van der Waals surface area (Å²) in [6.45, 7) is 3.58. The number of hydrogen-bond donors (Lipinski definition) is 1. The Morgan fingerprint density at radius 1 is 1.20 bits per heavy atom. The largest absolute Gasteiger partial charge is 0.491 e. The number of aliphatic hydroxyl groups excluding tert-OH is 1. The van der Waals surface area contributed by atoms with E-state index < -0.39 is 11.9 Å². The van der Waals surface area contributed by atoms with Crippen LogP contribution in [0.25, 0.3) is 0 Å². The second-order valence-corrected chi connectivity index (χ2v) is 5.19. The van der Waals surface area contributed by atoms with Gasteiger partial charge in [-0.15, -0.1) is 0 Å². The Hall–Kier alpha value is -1.58. The van der Waals surface area contributed by atoms with Gasteiger partial charge in [0.05, 0.1) is 0 Å². The van der Waals surface area contributed by atoms with Crippen molar-refractivity contribution in [3.8, 4) is 5.75 Å². The van der Waals surface area contributed by atoms with Gasteiger partial charge in [-0.3, -0.25) is 0 Å². The molecule has 106 valence electrons. The minimum absolute atomic E-state index is 0.0115. The maximum atomic E-state index is 13.9. The molecular formula is C16H16ClFO2. The summed E-state index contributed by atoms with van der Waals surface area (Å²) in [5.74, 6) is 0.174. The first-order chi connectivity index (χ1) is 9.47. The first-order valence-electron chi connectivity index (χ1n) is 6.30. The van der Waals surface area contributed by atoms with Gasteiger partial charge in [-0.1, -0.05) is 17.7 Å². The topological polar surface area (TPSA) is 29.5 Å². The number of aliphatic hydroxyl groups is 1. The van der Waals surface area contributed by atoms with Gasteiger partial charge in [-0.2, -0.15) is 0 Å². The molecule has 2 aromatic carbocycles.